The molecule has 22 heavy (non-hydrogen) atoms. The minimum absolute atomic E-state index is 0.678. The molecule has 0 spiro atoms. The number of hydrogen-bond donors (Lipinski definition) is 1. The zero-order valence-corrected chi connectivity index (χ0v) is 12.7. The van der Waals surface area contributed by atoms with Gasteiger partial charge in [-0.25, -0.2) is 4.98 Å². The second kappa shape index (κ2) is 4.43. The predicted molar refractivity (Wildman–Crippen MR) is 88.8 cm³/mol. The molecule has 1 N–H and O–H groups in total. The van der Waals surface area contributed by atoms with Gasteiger partial charge in [0, 0.05) is 18.8 Å². The second-order valence-corrected chi connectivity index (χ2v) is 6.59. The van der Waals surface area contributed by atoms with Crippen molar-refractivity contribution in [3.8, 4) is 5.69 Å². The Kier molecular flexibility index (Phi) is 2.50. The van der Waals surface area contributed by atoms with Crippen molar-refractivity contribution in [3.63, 3.8) is 0 Å². The number of aryl methyl sites for hydroxylation is 1. The number of fused-ring (bicyclic) bond motifs is 6. The van der Waals surface area contributed by atoms with Gasteiger partial charge in [0.15, 0.2) is 0 Å². The predicted octanol–water partition coefficient (Wildman–Crippen LogP) is 3.51. The molecule has 3 aromatic rings. The molecule has 1 aliphatic heterocycles. The van der Waals surface area contributed by atoms with Crippen molar-refractivity contribution in [3.05, 3.63) is 59.4 Å². The van der Waals surface area contributed by atoms with Crippen molar-refractivity contribution in [1.29, 1.82) is 0 Å². The summed E-state index contributed by atoms with van der Waals surface area (Å²) in [7, 11) is 0. The van der Waals surface area contributed by atoms with E-state index in [1.807, 2.05) is 0 Å². The van der Waals surface area contributed by atoms with Gasteiger partial charge in [-0.15, -0.1) is 0 Å². The van der Waals surface area contributed by atoms with Crippen LogP contribution >= 0.6 is 0 Å². The summed E-state index contributed by atoms with van der Waals surface area (Å²) in [5.41, 5.74) is 6.64. The van der Waals surface area contributed by atoms with Crippen molar-refractivity contribution < 1.29 is 0 Å². The smallest absolute Gasteiger partial charge is 0.111 e. The van der Waals surface area contributed by atoms with E-state index < -0.39 is 0 Å². The monoisotopic (exact) mass is 289 g/mol. The number of nitrogens with one attached hydrogen (secondary N) is 1. The first-order valence-electron chi connectivity index (χ1n) is 8.10. The molecule has 2 aliphatic rings. The van der Waals surface area contributed by atoms with Crippen LogP contribution in [0.15, 0.2) is 42.5 Å². The van der Waals surface area contributed by atoms with E-state index in [4.69, 9.17) is 4.98 Å². The maximum atomic E-state index is 4.82. The van der Waals surface area contributed by atoms with Crippen LogP contribution in [0.25, 0.3) is 16.7 Å². The molecule has 0 radical (unpaired) electrons. The summed E-state index contributed by atoms with van der Waals surface area (Å²) in [6, 6.07) is 15.3. The Labute approximate surface area is 130 Å². The Bertz CT molecular complexity index is 863. The first-order chi connectivity index (χ1) is 10.8. The highest BCUT2D eigenvalue weighted by Crippen LogP contribution is 2.45. The number of para-hydroxylation sites is 1. The number of nitrogens with zero attached hydrogens (tertiary/aromatic N) is 2. The molecular weight excluding hydrogens is 270 g/mol. The lowest BCUT2D eigenvalue weighted by Gasteiger charge is -2.19. The Morgan fingerprint density at radius 3 is 2.55 bits per heavy atom. The van der Waals surface area contributed by atoms with Crippen LogP contribution in [-0.2, 0) is 0 Å². The molecule has 1 aromatic heterocycles. The standard InChI is InChI=1S/C19H19N3/c1-12-21-18-8-16-13-7-14(11-20-10-13)17(16)9-19(18)22(12)15-5-3-2-4-6-15/h2-6,8-9,13-14,20H,7,10-11H2,1H3. The van der Waals surface area contributed by atoms with E-state index in [1.165, 1.54) is 23.2 Å². The van der Waals surface area contributed by atoms with Crippen LogP contribution in [0.3, 0.4) is 0 Å². The Morgan fingerprint density at radius 1 is 1.05 bits per heavy atom. The first kappa shape index (κ1) is 12.4. The average molecular weight is 289 g/mol. The summed E-state index contributed by atoms with van der Waals surface area (Å²) in [4.78, 5) is 4.82. The SMILES string of the molecule is Cc1nc2cc3c(cc2n1-c1ccccc1)C1CNCC3C1. The van der Waals surface area contributed by atoms with Crippen LogP contribution in [0.1, 0.15) is 35.2 Å². The van der Waals surface area contributed by atoms with Crippen LogP contribution in [0.5, 0.6) is 0 Å². The normalized spacial score (nSPS) is 23.0. The van der Waals surface area contributed by atoms with E-state index in [0.717, 1.165) is 24.4 Å². The van der Waals surface area contributed by atoms with E-state index in [1.54, 1.807) is 5.56 Å². The average Bonchev–Trinajstić information content (AvgIpc) is 3.00. The lowest BCUT2D eigenvalue weighted by Crippen LogP contribution is -2.28. The minimum atomic E-state index is 0.678. The lowest BCUT2D eigenvalue weighted by atomic mass is 9.98. The molecule has 1 saturated heterocycles. The number of aromatic nitrogens is 2. The van der Waals surface area contributed by atoms with E-state index in [0.29, 0.717) is 11.8 Å². The van der Waals surface area contributed by atoms with Gasteiger partial charge < -0.3 is 5.32 Å². The van der Waals surface area contributed by atoms with Gasteiger partial charge in [0.05, 0.1) is 11.0 Å². The largest absolute Gasteiger partial charge is 0.316 e. The molecule has 5 rings (SSSR count). The van der Waals surface area contributed by atoms with Gasteiger partial charge in [-0.05, 0) is 60.6 Å². The number of imidazole rings is 1. The molecule has 3 heteroatoms. The molecule has 1 fully saturated rings. The summed E-state index contributed by atoms with van der Waals surface area (Å²) < 4.78 is 2.28. The van der Waals surface area contributed by atoms with E-state index >= 15 is 0 Å². The van der Waals surface area contributed by atoms with Crippen molar-refractivity contribution in [2.45, 2.75) is 25.2 Å². The van der Waals surface area contributed by atoms with E-state index in [-0.39, 0.29) is 0 Å². The Balaban J connectivity index is 1.78. The summed E-state index contributed by atoms with van der Waals surface area (Å²) in [5, 5.41) is 3.57. The van der Waals surface area contributed by atoms with Gasteiger partial charge in [0.1, 0.15) is 5.82 Å². The maximum Gasteiger partial charge on any atom is 0.111 e. The molecule has 1 aliphatic carbocycles. The van der Waals surface area contributed by atoms with Crippen molar-refractivity contribution in [2.75, 3.05) is 13.1 Å². The third-order valence-corrected chi connectivity index (χ3v) is 5.27. The number of rotatable bonds is 1. The first-order valence-corrected chi connectivity index (χ1v) is 8.10. The lowest BCUT2D eigenvalue weighted by molar-refractivity contribution is 0.454. The van der Waals surface area contributed by atoms with E-state index in [2.05, 4.69) is 59.3 Å². The molecule has 3 nitrogen and oxygen atoms in total. The van der Waals surface area contributed by atoms with Gasteiger partial charge >= 0.3 is 0 Å². The highest BCUT2D eigenvalue weighted by molar-refractivity contribution is 5.81. The maximum absolute atomic E-state index is 4.82. The molecule has 0 amide bonds. The van der Waals surface area contributed by atoms with Crippen LogP contribution in [0.2, 0.25) is 0 Å². The second-order valence-electron chi connectivity index (χ2n) is 6.59. The highest BCUT2D eigenvalue weighted by atomic mass is 15.1. The molecular formula is C19H19N3. The zero-order chi connectivity index (χ0) is 14.7. The molecule has 2 heterocycles. The van der Waals surface area contributed by atoms with E-state index in [9.17, 15) is 0 Å². The number of benzene rings is 2. The number of piperidine rings is 1. The fourth-order valence-corrected chi connectivity index (χ4v) is 4.30. The molecule has 2 aromatic carbocycles. The van der Waals surface area contributed by atoms with Gasteiger partial charge in [-0.3, -0.25) is 4.57 Å². The van der Waals surface area contributed by atoms with Crippen molar-refractivity contribution in [2.24, 2.45) is 0 Å². The number of hydrogen-bond acceptors (Lipinski definition) is 2. The fraction of sp³-hybridized carbons (Fsp3) is 0.316. The quantitative estimate of drug-likeness (QED) is 0.743. The Hall–Kier alpha value is -2.13. The van der Waals surface area contributed by atoms with Crippen LogP contribution in [0.4, 0.5) is 0 Å². The van der Waals surface area contributed by atoms with Crippen molar-refractivity contribution >= 4 is 11.0 Å². The third kappa shape index (κ3) is 1.63. The van der Waals surface area contributed by atoms with Gasteiger partial charge in [-0.1, -0.05) is 18.2 Å². The summed E-state index contributed by atoms with van der Waals surface area (Å²) in [6.07, 6.45) is 1.30. The Morgan fingerprint density at radius 2 is 1.77 bits per heavy atom. The fourth-order valence-electron chi connectivity index (χ4n) is 4.30. The molecule has 0 saturated carbocycles. The molecule has 110 valence electrons. The van der Waals surface area contributed by atoms with Gasteiger partial charge in [0.25, 0.3) is 0 Å². The summed E-state index contributed by atoms with van der Waals surface area (Å²) in [6.45, 7) is 4.33. The topological polar surface area (TPSA) is 29.9 Å². The van der Waals surface area contributed by atoms with Crippen molar-refractivity contribution in [1.82, 2.24) is 14.9 Å². The molecule has 2 unspecified atom stereocenters. The van der Waals surface area contributed by atoms with Gasteiger partial charge in [0.2, 0.25) is 0 Å². The third-order valence-electron chi connectivity index (χ3n) is 5.27. The van der Waals surface area contributed by atoms with Crippen LogP contribution in [-0.4, -0.2) is 22.6 Å². The van der Waals surface area contributed by atoms with Gasteiger partial charge in [-0.2, -0.15) is 0 Å². The summed E-state index contributed by atoms with van der Waals surface area (Å²) in [5.74, 6) is 2.42. The molecule has 2 atom stereocenters. The zero-order valence-electron chi connectivity index (χ0n) is 12.7. The van der Waals surface area contributed by atoms with Crippen LogP contribution in [0, 0.1) is 6.92 Å². The van der Waals surface area contributed by atoms with Crippen LogP contribution < -0.4 is 5.32 Å². The minimum Gasteiger partial charge on any atom is -0.316 e. The highest BCUT2D eigenvalue weighted by Gasteiger charge is 2.34. The summed E-state index contributed by atoms with van der Waals surface area (Å²) >= 11 is 0. The molecule has 2 bridgehead atoms.